The Morgan fingerprint density at radius 2 is 0.938 bits per heavy atom. The smallest absolute Gasteiger partial charge is 0.303 e. The Kier molecular flexibility index (Phi) is 13.2. The number of hydrogen-bond acceptors (Lipinski definition) is 9. The van der Waals surface area contributed by atoms with Crippen LogP contribution in [-0.2, 0) is 44.1 Å². The third kappa shape index (κ3) is 9.66. The van der Waals surface area contributed by atoms with Gasteiger partial charge in [0.05, 0.1) is 0 Å². The van der Waals surface area contributed by atoms with Gasteiger partial charge in [0, 0.05) is 5.92 Å². The normalized spacial score (nSPS) is 27.2. The molecule has 0 N–H and O–H groups in total. The second kappa shape index (κ2) is 14.4. The minimum absolute atomic E-state index is 0. The van der Waals surface area contributed by atoms with Crippen molar-refractivity contribution < 1.29 is 91.2 Å². The highest BCUT2D eigenvalue weighted by Gasteiger charge is 2.63. The molecular weight excluding hydrogens is 776 g/mol. The van der Waals surface area contributed by atoms with E-state index < -0.39 is 89.3 Å². The molecule has 0 spiro atoms. The highest BCUT2D eigenvalue weighted by atomic mass is 32.3. The molecule has 0 amide bonds. The summed E-state index contributed by atoms with van der Waals surface area (Å²) in [6.07, 6.45) is 10.7. The van der Waals surface area contributed by atoms with Gasteiger partial charge in [-0.2, -0.15) is 52.7 Å². The molecule has 9 nitrogen and oxygen atoms in total. The molecule has 4 aliphatic carbocycles. The van der Waals surface area contributed by atoms with Gasteiger partial charge >= 0.3 is 22.0 Å². The van der Waals surface area contributed by atoms with Gasteiger partial charge < -0.3 is 4.79 Å². The monoisotopic (exact) mass is 804 g/mol. The van der Waals surface area contributed by atoms with E-state index in [9.17, 15) is 91.2 Å². The lowest BCUT2D eigenvalue weighted by atomic mass is 9.91. The lowest BCUT2D eigenvalue weighted by molar-refractivity contribution is -0.111. The Bertz CT molecular complexity index is 1570. The SMILES string of the molecule is C.O=CC1CC2C=CC1C2.O=S(=O)(C(CC1CC2C=CC1C2)S(=O)(=O)C(F)(F)F)C(F)(F)F.O=S(=O)(CS(=O)(=O)C(F)(F)F)C(F)(F)F. The zero-order chi connectivity index (χ0) is 36.8. The first-order chi connectivity index (χ1) is 20.8. The number of allylic oxidation sites excluding steroid dienone is 4. The lowest BCUT2D eigenvalue weighted by Crippen LogP contribution is -2.46. The second-order valence-electron chi connectivity index (χ2n) is 11.0. The van der Waals surface area contributed by atoms with Gasteiger partial charge in [0.2, 0.25) is 0 Å². The van der Waals surface area contributed by atoms with Gasteiger partial charge in [0.15, 0.2) is 9.67 Å². The molecule has 48 heavy (non-hydrogen) atoms. The fourth-order valence-corrected chi connectivity index (χ4v) is 11.7. The molecule has 2 saturated carbocycles. The van der Waals surface area contributed by atoms with Gasteiger partial charge in [0.25, 0.3) is 39.3 Å². The second-order valence-corrected chi connectivity index (χ2v) is 19.9. The molecule has 0 aromatic heterocycles. The number of alkyl halides is 12. The van der Waals surface area contributed by atoms with Crippen molar-refractivity contribution in [2.45, 2.75) is 66.1 Å². The first-order valence-electron chi connectivity index (χ1n) is 12.8. The molecule has 6 unspecified atom stereocenters. The van der Waals surface area contributed by atoms with Gasteiger partial charge in [0.1, 0.15) is 6.29 Å². The van der Waals surface area contributed by atoms with E-state index in [-0.39, 0.29) is 19.8 Å². The molecule has 0 heterocycles. The van der Waals surface area contributed by atoms with E-state index in [2.05, 4.69) is 12.2 Å². The highest BCUT2D eigenvalue weighted by molar-refractivity contribution is 8.10. The standard InChI is InChI=1S/C11H12F6O4S2.C8H10O.C3H2F6O4S2.CH4/c12-10(13,14)22(18,19)9(23(20,21)11(15,16)17)5-8-4-6-1-2-7(8)3-6;9-5-8-4-6-1-2-7(8)3-6;4-2(5,6)14(10,11)1-15(12,13)3(7,8)9;/h1-2,6-9H,3-5H2;1-2,5-8H,3-4H2;1H2;1H4. The summed E-state index contributed by atoms with van der Waals surface area (Å²) in [7, 11) is -25.7. The molecule has 0 radical (unpaired) electrons. The topological polar surface area (TPSA) is 154 Å². The summed E-state index contributed by atoms with van der Waals surface area (Å²) in [6, 6.07) is 0. The van der Waals surface area contributed by atoms with E-state index in [0.717, 1.165) is 18.6 Å². The number of carbonyl (C=O) groups excluding carboxylic acids is 1. The van der Waals surface area contributed by atoms with Crippen molar-refractivity contribution in [3.8, 4) is 0 Å². The molecule has 25 heteroatoms. The molecule has 0 saturated heterocycles. The summed E-state index contributed by atoms with van der Waals surface area (Å²) in [6.45, 7) is 0. The molecule has 6 atom stereocenters. The van der Waals surface area contributed by atoms with E-state index in [1.165, 1.54) is 6.42 Å². The number of fused-ring (bicyclic) bond motifs is 4. The van der Waals surface area contributed by atoms with E-state index in [4.69, 9.17) is 0 Å². The maximum absolute atomic E-state index is 12.6. The van der Waals surface area contributed by atoms with Crippen molar-refractivity contribution in [1.29, 1.82) is 0 Å². The van der Waals surface area contributed by atoms with Crippen LogP contribution in [0.3, 0.4) is 0 Å². The molecule has 4 aliphatic rings. The fourth-order valence-electron chi connectivity index (χ4n) is 5.45. The van der Waals surface area contributed by atoms with Crippen LogP contribution in [0, 0.1) is 35.5 Å². The summed E-state index contributed by atoms with van der Waals surface area (Å²) in [5, 5.41) is -3.03. The quantitative estimate of drug-likeness (QED) is 0.181. The predicted octanol–water partition coefficient (Wildman–Crippen LogP) is 5.63. The van der Waals surface area contributed by atoms with Gasteiger partial charge in [-0.3, -0.25) is 0 Å². The molecule has 4 bridgehead atoms. The lowest BCUT2D eigenvalue weighted by Gasteiger charge is -2.26. The van der Waals surface area contributed by atoms with E-state index in [0.29, 0.717) is 18.3 Å². The molecule has 282 valence electrons. The number of halogens is 12. The minimum atomic E-state index is -6.52. The fraction of sp³-hybridized carbons (Fsp3) is 0.783. The first-order valence-corrected chi connectivity index (χ1v) is 19.2. The summed E-state index contributed by atoms with van der Waals surface area (Å²) >= 11 is 0. The van der Waals surface area contributed by atoms with Crippen LogP contribution in [0.1, 0.15) is 39.5 Å². The summed E-state index contributed by atoms with van der Waals surface area (Å²) in [4.78, 5) is 10.4. The third-order valence-electron chi connectivity index (χ3n) is 7.77. The Morgan fingerprint density at radius 1 is 0.562 bits per heavy atom. The maximum atomic E-state index is 12.6. The van der Waals surface area contributed by atoms with Crippen molar-refractivity contribution >= 4 is 45.6 Å². The maximum Gasteiger partial charge on any atom is 0.498 e. The molecule has 4 rings (SSSR count). The minimum Gasteiger partial charge on any atom is -0.303 e. The van der Waals surface area contributed by atoms with Crippen LogP contribution >= 0.6 is 0 Å². The van der Waals surface area contributed by atoms with Crippen molar-refractivity contribution in [2.75, 3.05) is 5.08 Å². The van der Waals surface area contributed by atoms with E-state index in [1.807, 2.05) is 0 Å². The molecule has 2 fully saturated rings. The van der Waals surface area contributed by atoms with Crippen LogP contribution in [0.25, 0.3) is 0 Å². The van der Waals surface area contributed by atoms with Crippen LogP contribution in [-0.4, -0.2) is 71.7 Å². The van der Waals surface area contributed by atoms with Gasteiger partial charge in [-0.1, -0.05) is 31.7 Å². The van der Waals surface area contributed by atoms with Crippen molar-refractivity contribution in [2.24, 2.45) is 35.5 Å². The van der Waals surface area contributed by atoms with Gasteiger partial charge in [-0.05, 0) is 61.7 Å². The first kappa shape index (κ1) is 44.1. The Morgan fingerprint density at radius 3 is 1.17 bits per heavy atom. The zero-order valence-electron chi connectivity index (χ0n) is 23.0. The number of carbonyl (C=O) groups is 1. The third-order valence-corrected chi connectivity index (χ3v) is 16.2. The van der Waals surface area contributed by atoms with Crippen molar-refractivity contribution in [3.05, 3.63) is 24.3 Å². The van der Waals surface area contributed by atoms with Crippen LogP contribution in [0.15, 0.2) is 24.3 Å². The highest BCUT2D eigenvalue weighted by Crippen LogP contribution is 2.48. The van der Waals surface area contributed by atoms with Gasteiger partial charge in [-0.25, -0.2) is 33.7 Å². The summed E-state index contributed by atoms with van der Waals surface area (Å²) < 4.78 is 228. The zero-order valence-corrected chi connectivity index (χ0v) is 26.3. The number of sulfone groups is 4. The van der Waals surface area contributed by atoms with E-state index in [1.54, 1.807) is 12.2 Å². The van der Waals surface area contributed by atoms with Crippen LogP contribution < -0.4 is 0 Å². The molecule has 0 aromatic carbocycles. The Hall–Kier alpha value is -1.89. The molecular formula is C23H28F12O9S4. The Balaban J connectivity index is 0.000000394. The van der Waals surface area contributed by atoms with Crippen LogP contribution in [0.5, 0.6) is 0 Å². The van der Waals surface area contributed by atoms with Gasteiger partial charge in [-0.15, -0.1) is 0 Å². The molecule has 0 aliphatic heterocycles. The average molecular weight is 805 g/mol. The number of rotatable bonds is 7. The van der Waals surface area contributed by atoms with E-state index >= 15 is 0 Å². The largest absolute Gasteiger partial charge is 0.498 e. The Labute approximate surface area is 267 Å². The van der Waals surface area contributed by atoms with Crippen molar-refractivity contribution in [3.63, 3.8) is 0 Å². The van der Waals surface area contributed by atoms with Crippen molar-refractivity contribution in [1.82, 2.24) is 0 Å². The predicted molar refractivity (Wildman–Crippen MR) is 144 cm³/mol. The number of hydrogen-bond donors (Lipinski definition) is 0. The van der Waals surface area contributed by atoms with Crippen LogP contribution in [0.4, 0.5) is 52.7 Å². The molecule has 0 aromatic rings. The number of aldehydes is 1. The summed E-state index contributed by atoms with van der Waals surface area (Å²) in [5.41, 5.74) is -24.2. The summed E-state index contributed by atoms with van der Waals surface area (Å²) in [5.74, 6) is 0.407. The average Bonchev–Trinajstić information content (AvgIpc) is 3.67. The van der Waals surface area contributed by atoms with Crippen LogP contribution in [0.2, 0.25) is 0 Å².